The fourth-order valence-electron chi connectivity index (χ4n) is 7.07. The molecule has 10 heteroatoms. The second-order valence-electron chi connectivity index (χ2n) is 12.9. The number of anilines is 3. The van der Waals surface area contributed by atoms with E-state index < -0.39 is 0 Å². The Balaban J connectivity index is 1.22. The quantitative estimate of drug-likeness (QED) is 0.295. The summed E-state index contributed by atoms with van der Waals surface area (Å²) in [5.41, 5.74) is 10.9. The van der Waals surface area contributed by atoms with Gasteiger partial charge < -0.3 is 29.6 Å². The van der Waals surface area contributed by atoms with Crippen LogP contribution in [-0.4, -0.2) is 71.9 Å². The number of ether oxygens (including phenoxy) is 1. The summed E-state index contributed by atoms with van der Waals surface area (Å²) in [6, 6.07) is 13.9. The van der Waals surface area contributed by atoms with Crippen LogP contribution in [0.25, 0.3) is 10.8 Å². The van der Waals surface area contributed by atoms with Crippen LogP contribution in [-0.2, 0) is 19.4 Å². The third-order valence-corrected chi connectivity index (χ3v) is 9.36. The molecular formula is C33H42N8O2. The van der Waals surface area contributed by atoms with Gasteiger partial charge in [0.2, 0.25) is 5.89 Å². The van der Waals surface area contributed by atoms with Crippen molar-refractivity contribution in [2.24, 2.45) is 5.41 Å². The summed E-state index contributed by atoms with van der Waals surface area (Å²) in [7, 11) is 4.26. The van der Waals surface area contributed by atoms with Gasteiger partial charge in [-0.2, -0.15) is 9.97 Å². The molecule has 0 bridgehead atoms. The molecule has 1 atom stereocenters. The second-order valence-corrected chi connectivity index (χ2v) is 12.9. The lowest BCUT2D eigenvalue weighted by Gasteiger charge is -2.37. The lowest BCUT2D eigenvalue weighted by molar-refractivity contribution is 0.182. The molecule has 226 valence electrons. The summed E-state index contributed by atoms with van der Waals surface area (Å²) in [5, 5.41) is 10.7. The molecule has 2 aliphatic heterocycles. The number of nitrogen functional groups attached to an aromatic ring is 1. The largest absolute Gasteiger partial charge is 0.463 e. The van der Waals surface area contributed by atoms with Gasteiger partial charge in [-0.3, -0.25) is 0 Å². The molecule has 2 aromatic carbocycles. The van der Waals surface area contributed by atoms with Crippen LogP contribution in [0.15, 0.2) is 40.8 Å². The van der Waals surface area contributed by atoms with Crippen molar-refractivity contribution in [3.63, 3.8) is 0 Å². The predicted octanol–water partition coefficient (Wildman–Crippen LogP) is 4.82. The lowest BCUT2D eigenvalue weighted by Crippen LogP contribution is -2.38. The number of aryl methyl sites for hydroxylation is 1. The van der Waals surface area contributed by atoms with E-state index in [9.17, 15) is 0 Å². The highest BCUT2D eigenvalue weighted by molar-refractivity contribution is 5.97. The Morgan fingerprint density at radius 2 is 1.91 bits per heavy atom. The predicted molar refractivity (Wildman–Crippen MR) is 169 cm³/mol. The van der Waals surface area contributed by atoms with Gasteiger partial charge >= 0.3 is 12.0 Å². The van der Waals surface area contributed by atoms with Crippen molar-refractivity contribution < 1.29 is 9.15 Å². The first-order chi connectivity index (χ1) is 20.9. The van der Waals surface area contributed by atoms with Gasteiger partial charge in [0.25, 0.3) is 0 Å². The van der Waals surface area contributed by atoms with E-state index in [1.54, 1.807) is 0 Å². The standard InChI is InChI=1S/C33H42N8O2/c1-4-22-8-5-9-23-10-6-12-27(28(22)23)40-17-13-25-26(19-40)35-32(42-21-33(14-15-33)20-39(2)3)36-29(25)41-16-7-11-24(18-41)30-37-38-31(34)43-30/h5-6,8-10,12,24H,4,7,11,13-21H2,1-3H3,(H2,34,38). The van der Waals surface area contributed by atoms with Crippen LogP contribution in [0, 0.1) is 5.41 Å². The maximum atomic E-state index is 6.44. The van der Waals surface area contributed by atoms with E-state index >= 15 is 0 Å². The number of rotatable bonds is 9. The van der Waals surface area contributed by atoms with Gasteiger partial charge in [-0.1, -0.05) is 42.4 Å². The minimum atomic E-state index is 0.117. The number of nitrogens with two attached hydrogens (primary N) is 1. The Bertz CT molecular complexity index is 1610. The SMILES string of the molecule is CCc1cccc2cccc(N3CCc4c(nc(OCC5(CN(C)C)CC5)nc4N4CCCC(c5nnc(N)o5)C4)C3)c12. The van der Waals surface area contributed by atoms with Crippen molar-refractivity contribution >= 4 is 28.3 Å². The molecule has 43 heavy (non-hydrogen) atoms. The molecule has 10 nitrogen and oxygen atoms in total. The van der Waals surface area contributed by atoms with E-state index in [-0.39, 0.29) is 17.3 Å². The third-order valence-electron chi connectivity index (χ3n) is 9.36. The van der Waals surface area contributed by atoms with Crippen molar-refractivity contribution in [2.45, 2.75) is 57.9 Å². The van der Waals surface area contributed by atoms with E-state index in [2.05, 4.69) is 82.3 Å². The molecule has 0 amide bonds. The third kappa shape index (κ3) is 5.60. The van der Waals surface area contributed by atoms with Crippen LogP contribution < -0.4 is 20.3 Å². The zero-order valence-corrected chi connectivity index (χ0v) is 25.6. The molecule has 3 aliphatic rings. The van der Waals surface area contributed by atoms with Gasteiger partial charge in [-0.25, -0.2) is 0 Å². The van der Waals surface area contributed by atoms with Gasteiger partial charge in [-0.05, 0) is 69.6 Å². The normalized spacial score (nSPS) is 19.6. The van der Waals surface area contributed by atoms with Crippen molar-refractivity contribution in [3.8, 4) is 6.01 Å². The first kappa shape index (κ1) is 27.9. The Morgan fingerprint density at radius 1 is 1.07 bits per heavy atom. The van der Waals surface area contributed by atoms with Crippen molar-refractivity contribution in [1.82, 2.24) is 25.1 Å². The van der Waals surface area contributed by atoms with Gasteiger partial charge in [0.15, 0.2) is 0 Å². The highest BCUT2D eigenvalue weighted by atomic mass is 16.5. The highest BCUT2D eigenvalue weighted by Crippen LogP contribution is 2.46. The van der Waals surface area contributed by atoms with Gasteiger partial charge in [0, 0.05) is 48.2 Å². The first-order valence-corrected chi connectivity index (χ1v) is 15.7. The van der Waals surface area contributed by atoms with Crippen LogP contribution in [0.1, 0.15) is 61.2 Å². The monoisotopic (exact) mass is 582 g/mol. The van der Waals surface area contributed by atoms with Gasteiger partial charge in [0.1, 0.15) is 5.82 Å². The van der Waals surface area contributed by atoms with E-state index in [0.29, 0.717) is 18.5 Å². The summed E-state index contributed by atoms with van der Waals surface area (Å²) in [6.45, 7) is 7.18. The second kappa shape index (κ2) is 11.3. The van der Waals surface area contributed by atoms with Crippen molar-refractivity contribution in [2.75, 3.05) is 62.4 Å². The average molecular weight is 583 g/mol. The number of fused-ring (bicyclic) bond motifs is 2. The highest BCUT2D eigenvalue weighted by Gasteiger charge is 2.44. The van der Waals surface area contributed by atoms with E-state index in [1.807, 2.05) is 0 Å². The topological polar surface area (TPSA) is 110 Å². The zero-order chi connectivity index (χ0) is 29.6. The number of hydrogen-bond donors (Lipinski definition) is 1. The van der Waals surface area contributed by atoms with Gasteiger partial charge in [-0.15, -0.1) is 5.10 Å². The fourth-order valence-corrected chi connectivity index (χ4v) is 7.07. The first-order valence-electron chi connectivity index (χ1n) is 15.7. The maximum Gasteiger partial charge on any atom is 0.318 e. The molecular weight excluding hydrogens is 540 g/mol. The van der Waals surface area contributed by atoms with Gasteiger partial charge in [0.05, 0.1) is 24.8 Å². The number of piperidine rings is 1. The summed E-state index contributed by atoms with van der Waals surface area (Å²) < 4.78 is 12.1. The summed E-state index contributed by atoms with van der Waals surface area (Å²) >= 11 is 0. The molecule has 1 unspecified atom stereocenters. The Kier molecular flexibility index (Phi) is 7.33. The average Bonchev–Trinajstić information content (AvgIpc) is 3.64. The molecule has 1 aliphatic carbocycles. The molecule has 7 rings (SSSR count). The Hall–Kier alpha value is -3.92. The molecule has 2 fully saturated rings. The minimum absolute atomic E-state index is 0.117. The van der Waals surface area contributed by atoms with E-state index in [4.69, 9.17) is 24.9 Å². The van der Waals surface area contributed by atoms with E-state index in [0.717, 1.165) is 69.9 Å². The molecule has 1 saturated heterocycles. The number of benzene rings is 2. The molecule has 0 radical (unpaired) electrons. The van der Waals surface area contributed by atoms with Crippen LogP contribution in [0.4, 0.5) is 17.5 Å². The van der Waals surface area contributed by atoms with Crippen LogP contribution in [0.3, 0.4) is 0 Å². The van der Waals surface area contributed by atoms with Crippen molar-refractivity contribution in [3.05, 3.63) is 59.1 Å². The zero-order valence-electron chi connectivity index (χ0n) is 25.6. The molecule has 2 aromatic heterocycles. The summed E-state index contributed by atoms with van der Waals surface area (Å²) in [5.74, 6) is 1.71. The summed E-state index contributed by atoms with van der Waals surface area (Å²) in [4.78, 5) is 17.3. The van der Waals surface area contributed by atoms with Crippen LogP contribution in [0.5, 0.6) is 6.01 Å². The fraction of sp³-hybridized carbons (Fsp3) is 0.515. The Morgan fingerprint density at radius 3 is 2.65 bits per heavy atom. The van der Waals surface area contributed by atoms with Crippen molar-refractivity contribution in [1.29, 1.82) is 0 Å². The maximum absolute atomic E-state index is 6.44. The molecule has 2 N–H and O–H groups in total. The minimum Gasteiger partial charge on any atom is -0.463 e. The molecule has 4 aromatic rings. The van der Waals surface area contributed by atoms with Crippen LogP contribution >= 0.6 is 0 Å². The number of nitrogens with zero attached hydrogens (tertiary/aromatic N) is 7. The smallest absolute Gasteiger partial charge is 0.318 e. The summed E-state index contributed by atoms with van der Waals surface area (Å²) in [6.07, 6.45) is 6.22. The lowest BCUT2D eigenvalue weighted by atomic mass is 9.96. The molecule has 1 saturated carbocycles. The number of hydrogen-bond acceptors (Lipinski definition) is 10. The Labute approximate surface area is 253 Å². The molecule has 4 heterocycles. The van der Waals surface area contributed by atoms with E-state index in [1.165, 1.54) is 40.4 Å². The van der Waals surface area contributed by atoms with Crippen LogP contribution in [0.2, 0.25) is 0 Å². The number of aromatic nitrogens is 4. The molecule has 0 spiro atoms.